The first-order valence-corrected chi connectivity index (χ1v) is 20.5. The van der Waals surface area contributed by atoms with Crippen molar-refractivity contribution in [2.24, 2.45) is 11.8 Å². The van der Waals surface area contributed by atoms with Crippen LogP contribution in [0.15, 0.2) is 108 Å². The van der Waals surface area contributed by atoms with Crippen molar-refractivity contribution in [3.8, 4) is 17.3 Å². The van der Waals surface area contributed by atoms with Gasteiger partial charge >= 0.3 is 0 Å². The summed E-state index contributed by atoms with van der Waals surface area (Å²) in [4.78, 5) is 51.6. The van der Waals surface area contributed by atoms with E-state index in [0.29, 0.717) is 17.5 Å². The molecule has 3 amide bonds. The fourth-order valence-electron chi connectivity index (χ4n) is 7.02. The normalized spacial score (nSPS) is 14.9. The largest absolute Gasteiger partial charge is 0.348 e. The van der Waals surface area contributed by atoms with Crippen LogP contribution in [-0.2, 0) is 9.59 Å². The lowest BCUT2D eigenvalue weighted by atomic mass is 9.95. The molecule has 5 rings (SSSR count). The average Bonchev–Trinajstić information content (AvgIpc) is 3.65. The van der Waals surface area contributed by atoms with Crippen LogP contribution in [0.2, 0.25) is 0 Å². The smallest absolute Gasteiger partial charge is 0.291 e. The number of hydrazine groups is 1. The highest BCUT2D eigenvalue weighted by Crippen LogP contribution is 2.39. The predicted octanol–water partition coefficient (Wildman–Crippen LogP) is 10.9. The van der Waals surface area contributed by atoms with Crippen molar-refractivity contribution in [1.82, 2.24) is 9.99 Å². The lowest BCUT2D eigenvalue weighted by Crippen LogP contribution is -2.56. The van der Waals surface area contributed by atoms with Crippen LogP contribution in [-0.4, -0.2) is 40.8 Å². The van der Waals surface area contributed by atoms with Gasteiger partial charge in [-0.05, 0) is 67.5 Å². The SMILES string of the molecule is CCCCC(CC)CN(CC(CC)CCCC)c1nc(-c2ccccc2)c(/C=C2\C(=O)N(N(C(=O)c3ccccc3)c3ccccc3)C(=O)C(C#N)=C2C)s1. The molecule has 9 heteroatoms. The number of carbonyl (C=O) groups is 3. The molecule has 0 saturated heterocycles. The zero-order valence-electron chi connectivity index (χ0n) is 32.8. The Morgan fingerprint density at radius 3 is 1.89 bits per heavy atom. The van der Waals surface area contributed by atoms with Gasteiger partial charge in [0.15, 0.2) is 5.13 Å². The molecule has 1 aliphatic heterocycles. The summed E-state index contributed by atoms with van der Waals surface area (Å²) in [6.07, 6.45) is 10.9. The van der Waals surface area contributed by atoms with E-state index in [1.165, 1.54) is 24.2 Å². The van der Waals surface area contributed by atoms with Crippen LogP contribution < -0.4 is 9.91 Å². The molecular weight excluding hydrogens is 703 g/mol. The third-order valence-electron chi connectivity index (χ3n) is 10.4. The summed E-state index contributed by atoms with van der Waals surface area (Å²) in [6, 6.07) is 29.0. The maximum atomic E-state index is 14.8. The van der Waals surface area contributed by atoms with E-state index in [1.54, 1.807) is 73.7 Å². The van der Waals surface area contributed by atoms with E-state index < -0.39 is 17.7 Å². The zero-order chi connectivity index (χ0) is 39.3. The van der Waals surface area contributed by atoms with Crippen LogP contribution >= 0.6 is 11.3 Å². The number of nitrogens with zero attached hydrogens (tertiary/aromatic N) is 5. The van der Waals surface area contributed by atoms with Crippen LogP contribution in [0.3, 0.4) is 0 Å². The third-order valence-corrected chi connectivity index (χ3v) is 11.5. The number of aromatic nitrogens is 1. The molecule has 2 atom stereocenters. The molecule has 2 heterocycles. The van der Waals surface area contributed by atoms with Crippen molar-refractivity contribution in [1.29, 1.82) is 5.26 Å². The van der Waals surface area contributed by atoms with Crippen LogP contribution in [0.25, 0.3) is 17.3 Å². The van der Waals surface area contributed by atoms with Gasteiger partial charge in [-0.15, -0.1) is 0 Å². The second kappa shape index (κ2) is 19.8. The second-order valence-electron chi connectivity index (χ2n) is 14.2. The highest BCUT2D eigenvalue weighted by atomic mass is 32.1. The number of unbranched alkanes of at least 4 members (excludes halogenated alkanes) is 2. The Hall–Kier alpha value is -5.33. The molecule has 4 aromatic rings. The number of hydrogen-bond acceptors (Lipinski definition) is 7. The Morgan fingerprint density at radius 1 is 0.818 bits per heavy atom. The first-order chi connectivity index (χ1) is 26.8. The summed E-state index contributed by atoms with van der Waals surface area (Å²) < 4.78 is 0. The molecule has 1 aromatic heterocycles. The average molecular weight is 756 g/mol. The zero-order valence-corrected chi connectivity index (χ0v) is 33.6. The molecule has 2 unspecified atom stereocenters. The van der Waals surface area contributed by atoms with E-state index >= 15 is 0 Å². The number of thiazole rings is 1. The van der Waals surface area contributed by atoms with Crippen LogP contribution in [0.1, 0.15) is 101 Å². The maximum Gasteiger partial charge on any atom is 0.291 e. The lowest BCUT2D eigenvalue weighted by molar-refractivity contribution is -0.140. The van der Waals surface area contributed by atoms with Gasteiger partial charge in [-0.1, -0.05) is 144 Å². The number of para-hydroxylation sites is 1. The first-order valence-electron chi connectivity index (χ1n) is 19.7. The predicted molar refractivity (Wildman–Crippen MR) is 224 cm³/mol. The number of nitriles is 1. The molecular formula is C46H53N5O3S. The van der Waals surface area contributed by atoms with Gasteiger partial charge in [-0.3, -0.25) is 14.4 Å². The van der Waals surface area contributed by atoms with Gasteiger partial charge in [0, 0.05) is 29.8 Å². The van der Waals surface area contributed by atoms with E-state index in [9.17, 15) is 19.6 Å². The molecule has 0 bridgehead atoms. The van der Waals surface area contributed by atoms with Gasteiger partial charge in [0.25, 0.3) is 17.7 Å². The molecule has 0 saturated carbocycles. The second-order valence-corrected chi connectivity index (χ2v) is 15.2. The van der Waals surface area contributed by atoms with Crippen LogP contribution in [0.5, 0.6) is 0 Å². The van der Waals surface area contributed by atoms with Crippen molar-refractivity contribution < 1.29 is 14.4 Å². The topological polar surface area (TPSA) is 97.6 Å². The van der Waals surface area contributed by atoms with E-state index in [4.69, 9.17) is 4.98 Å². The van der Waals surface area contributed by atoms with Crippen molar-refractivity contribution in [2.45, 2.75) is 86.0 Å². The minimum absolute atomic E-state index is 0.153. The molecule has 1 aliphatic rings. The van der Waals surface area contributed by atoms with Crippen molar-refractivity contribution in [3.63, 3.8) is 0 Å². The first kappa shape index (κ1) is 40.8. The summed E-state index contributed by atoms with van der Waals surface area (Å²) >= 11 is 1.53. The van der Waals surface area contributed by atoms with E-state index in [2.05, 4.69) is 38.7 Å². The highest BCUT2D eigenvalue weighted by Gasteiger charge is 2.42. The number of benzene rings is 3. The minimum atomic E-state index is -0.856. The highest BCUT2D eigenvalue weighted by molar-refractivity contribution is 7.17. The molecule has 55 heavy (non-hydrogen) atoms. The number of amides is 3. The van der Waals surface area contributed by atoms with Crippen molar-refractivity contribution >= 4 is 46.0 Å². The standard InChI is InChI=1S/C46H53N5O3S/c1-6-10-21-34(8-3)31-49(32-35(9-4)22-11-7-2)46-48-42(36-23-15-12-16-24-36)41(55-46)29-39-33(5)40(30-47)45(54)51(44(39)53)50(38-27-19-14-20-28-38)43(52)37-25-17-13-18-26-37/h12-20,23-29,34-35H,6-11,21-22,31-32H2,1-5H3/b39-29-. The number of imide groups is 1. The van der Waals surface area contributed by atoms with Gasteiger partial charge in [0.2, 0.25) is 0 Å². The molecule has 0 spiro atoms. The summed E-state index contributed by atoms with van der Waals surface area (Å²) in [5.41, 5.74) is 2.44. The maximum absolute atomic E-state index is 14.8. The molecule has 8 nitrogen and oxygen atoms in total. The molecule has 0 N–H and O–H groups in total. The molecule has 0 radical (unpaired) electrons. The van der Waals surface area contributed by atoms with Gasteiger partial charge in [-0.25, -0.2) is 9.99 Å². The molecule has 3 aromatic carbocycles. The van der Waals surface area contributed by atoms with Crippen LogP contribution in [0, 0.1) is 23.2 Å². The van der Waals surface area contributed by atoms with E-state index in [-0.39, 0.29) is 22.3 Å². The Labute approximate surface area is 330 Å². The Balaban J connectivity index is 1.67. The Kier molecular flexibility index (Phi) is 14.7. The van der Waals surface area contributed by atoms with Crippen molar-refractivity contribution in [2.75, 3.05) is 23.0 Å². The lowest BCUT2D eigenvalue weighted by Gasteiger charge is -2.36. The van der Waals surface area contributed by atoms with Gasteiger partial charge in [0.1, 0.15) is 11.6 Å². The quantitative estimate of drug-likeness (QED) is 0.0741. The molecule has 0 aliphatic carbocycles. The van der Waals surface area contributed by atoms with Gasteiger partial charge < -0.3 is 4.90 Å². The molecule has 286 valence electrons. The number of carbonyl (C=O) groups excluding carboxylic acids is 3. The van der Waals surface area contributed by atoms with E-state index in [1.807, 2.05) is 30.3 Å². The number of anilines is 2. The van der Waals surface area contributed by atoms with Crippen molar-refractivity contribution in [3.05, 3.63) is 118 Å². The van der Waals surface area contributed by atoms with Gasteiger partial charge in [-0.2, -0.15) is 10.3 Å². The summed E-state index contributed by atoms with van der Waals surface area (Å²) in [6.45, 7) is 12.4. The number of hydrogen-bond donors (Lipinski definition) is 0. The van der Waals surface area contributed by atoms with E-state index in [0.717, 1.165) is 82.9 Å². The van der Waals surface area contributed by atoms with Crippen LogP contribution in [0.4, 0.5) is 10.8 Å². The molecule has 0 fully saturated rings. The summed E-state index contributed by atoms with van der Waals surface area (Å²) in [7, 11) is 0. The number of rotatable bonds is 18. The third kappa shape index (κ3) is 9.68. The van der Waals surface area contributed by atoms with Gasteiger partial charge in [0.05, 0.1) is 16.3 Å². The minimum Gasteiger partial charge on any atom is -0.348 e. The Bertz CT molecular complexity index is 2000. The Morgan fingerprint density at radius 2 is 1.36 bits per heavy atom. The summed E-state index contributed by atoms with van der Waals surface area (Å²) in [5, 5.41) is 13.1. The fourth-order valence-corrected chi connectivity index (χ4v) is 8.07. The monoisotopic (exact) mass is 755 g/mol. The fraction of sp³-hybridized carbons (Fsp3) is 0.370. The summed E-state index contributed by atoms with van der Waals surface area (Å²) in [5.74, 6) is -1.10.